The molecule has 0 radical (unpaired) electrons. The van der Waals surface area contributed by atoms with Crippen molar-refractivity contribution < 1.29 is 14.3 Å². The first-order valence-electron chi connectivity index (χ1n) is 11.7. The highest BCUT2D eigenvalue weighted by Crippen LogP contribution is 2.34. The molecule has 0 atom stereocenters. The lowest BCUT2D eigenvalue weighted by atomic mass is 9.98. The van der Waals surface area contributed by atoms with Gasteiger partial charge < -0.3 is 4.74 Å². The van der Waals surface area contributed by atoms with Gasteiger partial charge in [0.05, 0.1) is 18.4 Å². The van der Waals surface area contributed by atoms with Crippen molar-refractivity contribution in [3.63, 3.8) is 0 Å². The Morgan fingerprint density at radius 3 is 2.59 bits per heavy atom. The maximum absolute atomic E-state index is 13.1. The zero-order chi connectivity index (χ0) is 24.6. The minimum Gasteiger partial charge on any atom is -0.443 e. The summed E-state index contributed by atoms with van der Waals surface area (Å²) in [5, 5.41) is 4.53. The molecule has 1 aliphatic rings. The summed E-state index contributed by atoms with van der Waals surface area (Å²) in [5.41, 5.74) is 5.07. The fourth-order valence-corrected chi connectivity index (χ4v) is 3.94. The van der Waals surface area contributed by atoms with E-state index in [2.05, 4.69) is 18.9 Å². The summed E-state index contributed by atoms with van der Waals surface area (Å²) in [6.07, 6.45) is 4.33. The lowest BCUT2D eigenvalue weighted by molar-refractivity contribution is 0.0248. The first-order valence-corrected chi connectivity index (χ1v) is 11.7. The van der Waals surface area contributed by atoms with Crippen molar-refractivity contribution in [3.05, 3.63) is 59.5 Å². The van der Waals surface area contributed by atoms with Crippen molar-refractivity contribution in [2.45, 2.75) is 66.7 Å². The second-order valence-corrected chi connectivity index (χ2v) is 10.3. The second-order valence-electron chi connectivity index (χ2n) is 10.3. The Hall–Kier alpha value is -3.48. The van der Waals surface area contributed by atoms with Gasteiger partial charge in [0.25, 0.3) is 5.91 Å². The number of aryl methyl sites for hydroxylation is 2. The van der Waals surface area contributed by atoms with E-state index in [4.69, 9.17) is 9.72 Å². The van der Waals surface area contributed by atoms with E-state index in [9.17, 15) is 9.59 Å². The van der Waals surface area contributed by atoms with Crippen LogP contribution in [0.4, 0.5) is 4.79 Å². The fourth-order valence-electron chi connectivity index (χ4n) is 3.94. The van der Waals surface area contributed by atoms with Gasteiger partial charge in [0.1, 0.15) is 5.60 Å². The van der Waals surface area contributed by atoms with Gasteiger partial charge in [-0.05, 0) is 57.7 Å². The molecule has 0 aliphatic carbocycles. The number of amides is 2. The van der Waals surface area contributed by atoms with Crippen LogP contribution in [0, 0.1) is 12.8 Å². The molecule has 7 heteroatoms. The number of ether oxygens (including phenoxy) is 1. The van der Waals surface area contributed by atoms with Crippen LogP contribution >= 0.6 is 0 Å². The first kappa shape index (κ1) is 23.7. The number of carbonyl (C=O) groups excluding carboxylic acids is 2. The third kappa shape index (κ3) is 5.03. The van der Waals surface area contributed by atoms with E-state index >= 15 is 0 Å². The Morgan fingerprint density at radius 1 is 1.12 bits per heavy atom. The minimum atomic E-state index is -0.669. The number of carbonyl (C=O) groups is 2. The molecule has 3 aromatic rings. The van der Waals surface area contributed by atoms with Gasteiger partial charge in [0, 0.05) is 40.7 Å². The van der Waals surface area contributed by atoms with Crippen molar-refractivity contribution in [1.82, 2.24) is 19.7 Å². The van der Waals surface area contributed by atoms with Crippen molar-refractivity contribution in [2.75, 3.05) is 0 Å². The molecule has 4 rings (SSSR count). The van der Waals surface area contributed by atoms with Crippen molar-refractivity contribution in [2.24, 2.45) is 5.92 Å². The Morgan fingerprint density at radius 2 is 1.88 bits per heavy atom. The third-order valence-electron chi connectivity index (χ3n) is 5.72. The number of aromatic nitrogens is 3. The second kappa shape index (κ2) is 9.05. The highest BCUT2D eigenvalue weighted by atomic mass is 16.6. The van der Waals surface area contributed by atoms with Gasteiger partial charge in [-0.1, -0.05) is 32.0 Å². The lowest BCUT2D eigenvalue weighted by Crippen LogP contribution is -2.36. The molecule has 0 N–H and O–H groups in total. The maximum Gasteiger partial charge on any atom is 0.417 e. The monoisotopic (exact) mass is 460 g/mol. The van der Waals surface area contributed by atoms with E-state index in [1.165, 1.54) is 0 Å². The predicted octanol–water partition coefficient (Wildman–Crippen LogP) is 5.86. The normalized spacial score (nSPS) is 13.5. The molecule has 2 aromatic heterocycles. The van der Waals surface area contributed by atoms with Crippen LogP contribution in [0.1, 0.15) is 62.7 Å². The van der Waals surface area contributed by atoms with Gasteiger partial charge in [-0.25, -0.2) is 9.69 Å². The minimum absolute atomic E-state index is 0.208. The molecule has 0 bridgehead atoms. The average Bonchev–Trinajstić information content (AvgIpc) is 3.35. The lowest BCUT2D eigenvalue weighted by Gasteiger charge is -2.23. The number of rotatable bonds is 5. The summed E-state index contributed by atoms with van der Waals surface area (Å²) in [7, 11) is 0. The highest BCUT2D eigenvalue weighted by molar-refractivity contribution is 6.07. The molecule has 0 saturated heterocycles. The molecule has 3 heterocycles. The molecule has 0 saturated carbocycles. The summed E-state index contributed by atoms with van der Waals surface area (Å²) in [5.74, 6) is 0.259. The Labute approximate surface area is 200 Å². The van der Waals surface area contributed by atoms with Gasteiger partial charge in [-0.3, -0.25) is 14.5 Å². The molecular formula is C27H32N4O3. The van der Waals surface area contributed by atoms with E-state index in [0.29, 0.717) is 11.5 Å². The summed E-state index contributed by atoms with van der Waals surface area (Å²) >= 11 is 0. The van der Waals surface area contributed by atoms with E-state index in [1.54, 1.807) is 20.8 Å². The van der Waals surface area contributed by atoms with E-state index in [-0.39, 0.29) is 12.5 Å². The van der Waals surface area contributed by atoms with Gasteiger partial charge in [0.15, 0.2) is 0 Å². The zero-order valence-corrected chi connectivity index (χ0v) is 20.8. The van der Waals surface area contributed by atoms with E-state index in [0.717, 1.165) is 51.5 Å². The number of fused-ring (bicyclic) bond motifs is 1. The number of hydrogen-bond donors (Lipinski definition) is 0. The van der Waals surface area contributed by atoms with Crippen LogP contribution < -0.4 is 0 Å². The molecular weight excluding hydrogens is 428 g/mol. The fraction of sp³-hybridized carbons (Fsp3) is 0.407. The maximum atomic E-state index is 13.1. The third-order valence-corrected chi connectivity index (χ3v) is 5.72. The van der Waals surface area contributed by atoms with E-state index < -0.39 is 11.7 Å². The molecule has 0 spiro atoms. The summed E-state index contributed by atoms with van der Waals surface area (Å²) < 4.78 is 7.37. The van der Waals surface area contributed by atoms with Crippen molar-refractivity contribution in [3.8, 4) is 22.4 Å². The molecule has 0 fully saturated rings. The number of imide groups is 1. The SMILES string of the molecule is Cc1ccc(-c2cnn(CCC(C)C)c2)c(-c2ccc3c(c2)C(=O)N(C(=O)OC(C)(C)C)C3)n1. The molecule has 1 aliphatic heterocycles. The highest BCUT2D eigenvalue weighted by Gasteiger charge is 2.35. The number of pyridine rings is 1. The quantitative estimate of drug-likeness (QED) is 0.477. The van der Waals surface area contributed by atoms with Crippen molar-refractivity contribution >= 4 is 12.0 Å². The zero-order valence-electron chi connectivity index (χ0n) is 20.8. The van der Waals surface area contributed by atoms with Crippen LogP contribution in [0.2, 0.25) is 0 Å². The Bertz CT molecular complexity index is 1240. The molecule has 1 aromatic carbocycles. The van der Waals surface area contributed by atoms with Crippen LogP contribution in [-0.2, 0) is 17.8 Å². The predicted molar refractivity (Wildman–Crippen MR) is 131 cm³/mol. The smallest absolute Gasteiger partial charge is 0.417 e. The molecule has 178 valence electrons. The Kier molecular flexibility index (Phi) is 6.30. The standard InChI is InChI=1S/C27H32N4O3/c1-17(2)11-12-30-15-21(14-28-30)22-10-7-18(3)29-24(22)19-8-9-20-16-31(25(32)23(20)13-19)26(33)34-27(4,5)6/h7-10,13-15,17H,11-12,16H2,1-6H3. The van der Waals surface area contributed by atoms with Gasteiger partial charge >= 0.3 is 6.09 Å². The van der Waals surface area contributed by atoms with Gasteiger partial charge in [-0.2, -0.15) is 5.10 Å². The average molecular weight is 461 g/mol. The molecule has 34 heavy (non-hydrogen) atoms. The van der Waals surface area contributed by atoms with Crippen LogP contribution in [0.15, 0.2) is 42.7 Å². The first-order chi connectivity index (χ1) is 16.0. The summed E-state index contributed by atoms with van der Waals surface area (Å²) in [6.45, 7) is 12.8. The topological polar surface area (TPSA) is 77.3 Å². The molecule has 0 unspecified atom stereocenters. The largest absolute Gasteiger partial charge is 0.443 e. The van der Waals surface area contributed by atoms with Gasteiger partial charge in [-0.15, -0.1) is 0 Å². The summed E-state index contributed by atoms with van der Waals surface area (Å²) in [6, 6.07) is 9.71. The van der Waals surface area contributed by atoms with Crippen LogP contribution in [0.5, 0.6) is 0 Å². The number of hydrogen-bond acceptors (Lipinski definition) is 5. The van der Waals surface area contributed by atoms with Crippen LogP contribution in [0.25, 0.3) is 22.4 Å². The summed E-state index contributed by atoms with van der Waals surface area (Å²) in [4.78, 5) is 31.5. The molecule has 2 amide bonds. The number of nitrogens with zero attached hydrogens (tertiary/aromatic N) is 4. The van der Waals surface area contributed by atoms with E-state index in [1.807, 2.05) is 54.3 Å². The van der Waals surface area contributed by atoms with Crippen molar-refractivity contribution in [1.29, 1.82) is 0 Å². The van der Waals surface area contributed by atoms with Gasteiger partial charge in [0.2, 0.25) is 0 Å². The number of benzene rings is 1. The Balaban J connectivity index is 1.66. The molecule has 7 nitrogen and oxygen atoms in total. The van der Waals surface area contributed by atoms with Crippen LogP contribution in [-0.4, -0.2) is 37.3 Å². The van der Waals surface area contributed by atoms with Crippen LogP contribution in [0.3, 0.4) is 0 Å².